The van der Waals surface area contributed by atoms with Gasteiger partial charge in [0.2, 0.25) is 0 Å². The van der Waals surface area contributed by atoms with Crippen molar-refractivity contribution in [1.29, 1.82) is 0 Å². The summed E-state index contributed by atoms with van der Waals surface area (Å²) in [6, 6.07) is 12.2. The fourth-order valence-electron chi connectivity index (χ4n) is 2.48. The number of aromatic nitrogens is 2. The van der Waals surface area contributed by atoms with Crippen LogP contribution < -0.4 is 4.90 Å². The molecule has 0 saturated carbocycles. The van der Waals surface area contributed by atoms with E-state index in [1.807, 2.05) is 45.0 Å². The summed E-state index contributed by atoms with van der Waals surface area (Å²) in [5.74, 6) is 1.98. The van der Waals surface area contributed by atoms with E-state index < -0.39 is 5.60 Å². The number of hydrogen-bond donors (Lipinski definition) is 1. The zero-order valence-corrected chi connectivity index (χ0v) is 14.7. The van der Waals surface area contributed by atoms with Crippen molar-refractivity contribution in [1.82, 2.24) is 9.97 Å². The van der Waals surface area contributed by atoms with E-state index in [1.54, 1.807) is 0 Å². The Hall–Kier alpha value is -1.94. The molecule has 0 aliphatic rings. The normalized spacial score (nSPS) is 11.8. The largest absolute Gasteiger partial charge is 0.389 e. The maximum Gasteiger partial charge on any atom is 0.133 e. The fraction of sp³-hybridized carbons (Fsp3) is 0.474. The second-order valence-electron chi connectivity index (χ2n) is 7.03. The summed E-state index contributed by atoms with van der Waals surface area (Å²) in [4.78, 5) is 11.4. The third-order valence-electron chi connectivity index (χ3n) is 3.49. The number of aryl methyl sites for hydroxylation is 1. The van der Waals surface area contributed by atoms with E-state index in [0.29, 0.717) is 13.1 Å². The number of benzene rings is 1. The van der Waals surface area contributed by atoms with Crippen molar-refractivity contribution in [3.05, 3.63) is 53.5 Å². The van der Waals surface area contributed by atoms with Gasteiger partial charge in [0.25, 0.3) is 0 Å². The lowest BCUT2D eigenvalue weighted by Gasteiger charge is -2.30. The Balaban J connectivity index is 2.37. The van der Waals surface area contributed by atoms with Crippen LogP contribution in [0.3, 0.4) is 0 Å². The summed E-state index contributed by atoms with van der Waals surface area (Å²) in [5.41, 5.74) is 1.35. The van der Waals surface area contributed by atoms with Gasteiger partial charge in [-0.3, -0.25) is 0 Å². The number of anilines is 1. The third kappa shape index (κ3) is 5.32. The maximum absolute atomic E-state index is 10.3. The molecule has 1 aromatic carbocycles. The van der Waals surface area contributed by atoms with Crippen molar-refractivity contribution in [2.24, 2.45) is 0 Å². The first-order chi connectivity index (χ1) is 10.7. The standard InChI is InChI=1S/C19H27N3O/c1-14(2)18-20-15(3)11-17(21-18)22(13-19(4,5)23)12-16-9-7-6-8-10-16/h6-11,14,23H,12-13H2,1-5H3. The van der Waals surface area contributed by atoms with Gasteiger partial charge in [-0.2, -0.15) is 0 Å². The molecule has 0 fully saturated rings. The Labute approximate surface area is 139 Å². The van der Waals surface area contributed by atoms with Crippen LogP contribution in [0, 0.1) is 6.92 Å². The molecule has 0 aliphatic carbocycles. The van der Waals surface area contributed by atoms with Gasteiger partial charge in [-0.05, 0) is 26.3 Å². The van der Waals surface area contributed by atoms with Gasteiger partial charge in [0.05, 0.1) is 5.60 Å². The smallest absolute Gasteiger partial charge is 0.133 e. The summed E-state index contributed by atoms with van der Waals surface area (Å²) >= 11 is 0. The molecule has 2 rings (SSSR count). The van der Waals surface area contributed by atoms with Crippen LogP contribution in [-0.2, 0) is 6.54 Å². The van der Waals surface area contributed by atoms with Gasteiger partial charge >= 0.3 is 0 Å². The summed E-state index contributed by atoms with van der Waals surface area (Å²) in [6.07, 6.45) is 0. The van der Waals surface area contributed by atoms with Gasteiger partial charge in [0.15, 0.2) is 0 Å². The molecule has 0 unspecified atom stereocenters. The quantitative estimate of drug-likeness (QED) is 0.883. The van der Waals surface area contributed by atoms with E-state index in [0.717, 1.165) is 17.3 Å². The van der Waals surface area contributed by atoms with Crippen molar-refractivity contribution >= 4 is 5.82 Å². The molecular formula is C19H27N3O. The van der Waals surface area contributed by atoms with Gasteiger partial charge < -0.3 is 10.0 Å². The molecule has 0 bridgehead atoms. The molecular weight excluding hydrogens is 286 g/mol. The number of nitrogens with zero attached hydrogens (tertiary/aromatic N) is 3. The van der Waals surface area contributed by atoms with E-state index in [4.69, 9.17) is 4.98 Å². The summed E-state index contributed by atoms with van der Waals surface area (Å²) < 4.78 is 0. The van der Waals surface area contributed by atoms with Crippen LogP contribution in [0.25, 0.3) is 0 Å². The van der Waals surface area contributed by atoms with Gasteiger partial charge in [-0.15, -0.1) is 0 Å². The van der Waals surface area contributed by atoms with E-state index in [-0.39, 0.29) is 5.92 Å². The lowest BCUT2D eigenvalue weighted by Crippen LogP contribution is -2.39. The first-order valence-electron chi connectivity index (χ1n) is 8.11. The first kappa shape index (κ1) is 17.4. The molecule has 1 aromatic heterocycles. The van der Waals surface area contributed by atoms with E-state index in [2.05, 4.69) is 35.9 Å². The Morgan fingerprint density at radius 2 is 1.78 bits per heavy atom. The van der Waals surface area contributed by atoms with Crippen LogP contribution >= 0.6 is 0 Å². The van der Waals surface area contributed by atoms with Crippen LogP contribution in [0.1, 0.15) is 50.7 Å². The molecule has 0 radical (unpaired) electrons. The molecule has 0 atom stereocenters. The van der Waals surface area contributed by atoms with Crippen molar-refractivity contribution in [3.8, 4) is 0 Å². The highest BCUT2D eigenvalue weighted by molar-refractivity contribution is 5.41. The van der Waals surface area contributed by atoms with Gasteiger partial charge in [0.1, 0.15) is 11.6 Å². The summed E-state index contributed by atoms with van der Waals surface area (Å²) in [5, 5.41) is 10.3. The zero-order chi connectivity index (χ0) is 17.0. The molecule has 124 valence electrons. The molecule has 4 heteroatoms. The van der Waals surface area contributed by atoms with Crippen molar-refractivity contribution in [2.45, 2.75) is 52.7 Å². The highest BCUT2D eigenvalue weighted by atomic mass is 16.3. The van der Waals surface area contributed by atoms with E-state index >= 15 is 0 Å². The predicted molar refractivity (Wildman–Crippen MR) is 94.6 cm³/mol. The number of rotatable bonds is 6. The predicted octanol–water partition coefficient (Wildman–Crippen LogP) is 3.69. The molecule has 1 heterocycles. The van der Waals surface area contributed by atoms with Crippen molar-refractivity contribution in [2.75, 3.05) is 11.4 Å². The summed E-state index contributed by atoms with van der Waals surface area (Å²) in [7, 11) is 0. The molecule has 2 aromatic rings. The monoisotopic (exact) mass is 313 g/mol. The second kappa shape index (κ2) is 7.09. The van der Waals surface area contributed by atoms with E-state index in [1.165, 1.54) is 5.56 Å². The van der Waals surface area contributed by atoms with Crippen LogP contribution in [0.4, 0.5) is 5.82 Å². The molecule has 23 heavy (non-hydrogen) atoms. The maximum atomic E-state index is 10.3. The zero-order valence-electron chi connectivity index (χ0n) is 14.7. The highest BCUT2D eigenvalue weighted by Gasteiger charge is 2.21. The molecule has 0 saturated heterocycles. The Morgan fingerprint density at radius 3 is 2.35 bits per heavy atom. The van der Waals surface area contributed by atoms with Crippen LogP contribution in [0.5, 0.6) is 0 Å². The number of aliphatic hydroxyl groups is 1. The average Bonchev–Trinajstić information content (AvgIpc) is 2.45. The lowest BCUT2D eigenvalue weighted by molar-refractivity contribution is 0.0868. The molecule has 0 aliphatic heterocycles. The number of hydrogen-bond acceptors (Lipinski definition) is 4. The van der Waals surface area contributed by atoms with Gasteiger partial charge in [-0.25, -0.2) is 9.97 Å². The Bertz CT molecular complexity index is 633. The SMILES string of the molecule is Cc1cc(N(Cc2ccccc2)CC(C)(C)O)nc(C(C)C)n1. The average molecular weight is 313 g/mol. The Morgan fingerprint density at radius 1 is 1.13 bits per heavy atom. The van der Waals surface area contributed by atoms with E-state index in [9.17, 15) is 5.11 Å². The van der Waals surface area contributed by atoms with Gasteiger partial charge in [0, 0.05) is 30.8 Å². The van der Waals surface area contributed by atoms with Crippen molar-refractivity contribution in [3.63, 3.8) is 0 Å². The second-order valence-corrected chi connectivity index (χ2v) is 7.03. The third-order valence-corrected chi connectivity index (χ3v) is 3.49. The molecule has 1 N–H and O–H groups in total. The first-order valence-corrected chi connectivity index (χ1v) is 8.11. The van der Waals surface area contributed by atoms with Crippen LogP contribution in [0.15, 0.2) is 36.4 Å². The lowest BCUT2D eigenvalue weighted by atomic mass is 10.1. The van der Waals surface area contributed by atoms with Gasteiger partial charge in [-0.1, -0.05) is 44.2 Å². The van der Waals surface area contributed by atoms with Crippen molar-refractivity contribution < 1.29 is 5.11 Å². The molecule has 4 nitrogen and oxygen atoms in total. The van der Waals surface area contributed by atoms with Crippen LogP contribution in [0.2, 0.25) is 0 Å². The molecule has 0 amide bonds. The molecule has 0 spiro atoms. The Kier molecular flexibility index (Phi) is 5.37. The minimum atomic E-state index is -0.800. The highest BCUT2D eigenvalue weighted by Crippen LogP contribution is 2.21. The minimum absolute atomic E-state index is 0.273. The van der Waals surface area contributed by atoms with Crippen LogP contribution in [-0.4, -0.2) is 27.2 Å². The topological polar surface area (TPSA) is 49.2 Å². The minimum Gasteiger partial charge on any atom is -0.389 e. The summed E-state index contributed by atoms with van der Waals surface area (Å²) in [6.45, 7) is 11.0. The fourth-order valence-corrected chi connectivity index (χ4v) is 2.48.